The fraction of sp³-hybridized carbons (Fsp3) is 0.462. The van der Waals surface area contributed by atoms with Gasteiger partial charge in [0.25, 0.3) is 5.91 Å². The van der Waals surface area contributed by atoms with E-state index in [0.717, 1.165) is 41.5 Å². The predicted molar refractivity (Wildman–Crippen MR) is 143 cm³/mol. The van der Waals surface area contributed by atoms with Crippen LogP contribution in [0.15, 0.2) is 47.4 Å². The van der Waals surface area contributed by atoms with Crippen LogP contribution in [-0.4, -0.2) is 68.3 Å². The van der Waals surface area contributed by atoms with Crippen molar-refractivity contribution >= 4 is 42.6 Å². The Morgan fingerprint density at radius 1 is 1.11 bits per heavy atom. The zero-order valence-electron chi connectivity index (χ0n) is 20.9. The summed E-state index contributed by atoms with van der Waals surface area (Å²) in [6.07, 6.45) is 3.65. The van der Waals surface area contributed by atoms with Gasteiger partial charge in [0.15, 0.2) is 5.13 Å². The van der Waals surface area contributed by atoms with E-state index in [1.165, 1.54) is 11.3 Å². The van der Waals surface area contributed by atoms with Crippen LogP contribution in [0, 0.1) is 6.92 Å². The van der Waals surface area contributed by atoms with Crippen LogP contribution >= 0.6 is 11.3 Å². The molecule has 188 valence electrons. The van der Waals surface area contributed by atoms with Crippen LogP contribution < -0.4 is 4.90 Å². The number of hydrogen-bond donors (Lipinski definition) is 0. The van der Waals surface area contributed by atoms with Gasteiger partial charge in [0.05, 0.1) is 15.1 Å². The summed E-state index contributed by atoms with van der Waals surface area (Å²) in [4.78, 5) is 22.3. The Kier molecular flexibility index (Phi) is 7.90. The van der Waals surface area contributed by atoms with Crippen LogP contribution in [0.5, 0.6) is 0 Å². The van der Waals surface area contributed by atoms with Crippen LogP contribution in [-0.2, 0) is 10.0 Å². The summed E-state index contributed by atoms with van der Waals surface area (Å²) < 4.78 is 29.3. The van der Waals surface area contributed by atoms with Crippen molar-refractivity contribution in [3.63, 3.8) is 0 Å². The van der Waals surface area contributed by atoms with E-state index in [-0.39, 0.29) is 16.8 Å². The van der Waals surface area contributed by atoms with Crippen LogP contribution in [0.25, 0.3) is 10.2 Å². The van der Waals surface area contributed by atoms with Crippen LogP contribution in [0.3, 0.4) is 0 Å². The number of hydrogen-bond acceptors (Lipinski definition) is 6. The van der Waals surface area contributed by atoms with Crippen LogP contribution in [0.1, 0.15) is 48.5 Å². The van der Waals surface area contributed by atoms with Crippen molar-refractivity contribution in [2.75, 3.05) is 38.6 Å². The van der Waals surface area contributed by atoms with E-state index in [2.05, 4.69) is 6.07 Å². The van der Waals surface area contributed by atoms with E-state index >= 15 is 0 Å². The number of aryl methyl sites for hydroxylation is 1. The summed E-state index contributed by atoms with van der Waals surface area (Å²) >= 11 is 1.50. The fourth-order valence-corrected chi connectivity index (χ4v) is 7.33. The number of sulfonamides is 1. The highest BCUT2D eigenvalue weighted by molar-refractivity contribution is 7.89. The number of benzene rings is 2. The van der Waals surface area contributed by atoms with E-state index in [4.69, 9.17) is 4.98 Å². The molecule has 2 aromatic carbocycles. The van der Waals surface area contributed by atoms with Gasteiger partial charge in [-0.15, -0.1) is 0 Å². The lowest BCUT2D eigenvalue weighted by atomic mass is 10.0. The molecular weight excluding hydrogens is 480 g/mol. The van der Waals surface area contributed by atoms with Crippen LogP contribution in [0.4, 0.5) is 5.13 Å². The monoisotopic (exact) mass is 514 g/mol. The van der Waals surface area contributed by atoms with Gasteiger partial charge >= 0.3 is 0 Å². The summed E-state index contributed by atoms with van der Waals surface area (Å²) in [6.45, 7) is 5.79. The molecule has 1 aliphatic heterocycles. The number of likely N-dealkylation sites (N-methyl/N-ethyl adjacent to an activating group) is 1. The highest BCUT2D eigenvalue weighted by Gasteiger charge is 2.32. The van der Waals surface area contributed by atoms with Gasteiger partial charge in [0.2, 0.25) is 10.0 Å². The maximum absolute atomic E-state index is 13.6. The third-order valence-electron chi connectivity index (χ3n) is 6.53. The first-order chi connectivity index (χ1) is 16.7. The number of nitrogens with zero attached hydrogens (tertiary/aromatic N) is 4. The third-order valence-corrected chi connectivity index (χ3v) is 9.54. The lowest BCUT2D eigenvalue weighted by molar-refractivity contribution is 0.0985. The molecule has 0 bridgehead atoms. The maximum atomic E-state index is 13.6. The largest absolute Gasteiger partial charge is 0.308 e. The first-order valence-electron chi connectivity index (χ1n) is 12.2. The Bertz CT molecular complexity index is 1290. The Hall–Kier alpha value is -2.33. The van der Waals surface area contributed by atoms with Gasteiger partial charge in [-0.2, -0.15) is 4.31 Å². The number of aromatic nitrogens is 1. The summed E-state index contributed by atoms with van der Waals surface area (Å²) in [5.41, 5.74) is 2.46. The third kappa shape index (κ3) is 5.58. The summed E-state index contributed by atoms with van der Waals surface area (Å²) in [5, 5.41) is 0.647. The quantitative estimate of drug-likeness (QED) is 0.433. The Morgan fingerprint density at radius 2 is 1.86 bits per heavy atom. The lowest BCUT2D eigenvalue weighted by Gasteiger charge is -2.34. The van der Waals surface area contributed by atoms with Gasteiger partial charge in [-0.25, -0.2) is 13.4 Å². The van der Waals surface area contributed by atoms with Crippen molar-refractivity contribution in [1.29, 1.82) is 0 Å². The minimum atomic E-state index is -3.59. The molecule has 7 nitrogen and oxygen atoms in total. The zero-order chi connectivity index (χ0) is 25.2. The van der Waals surface area contributed by atoms with Gasteiger partial charge in [-0.1, -0.05) is 30.7 Å². The highest BCUT2D eigenvalue weighted by Crippen LogP contribution is 2.31. The first kappa shape index (κ1) is 25.8. The smallest absolute Gasteiger partial charge is 0.260 e. The number of carbonyl (C=O) groups excluding carboxylic acids is 1. The minimum Gasteiger partial charge on any atom is -0.308 e. The van der Waals surface area contributed by atoms with E-state index in [9.17, 15) is 13.2 Å². The lowest BCUT2D eigenvalue weighted by Crippen LogP contribution is -2.43. The van der Waals surface area contributed by atoms with E-state index in [0.29, 0.717) is 30.3 Å². The molecule has 1 saturated heterocycles. The number of piperidine rings is 1. The van der Waals surface area contributed by atoms with Crippen molar-refractivity contribution < 1.29 is 13.2 Å². The second-order valence-corrected chi connectivity index (χ2v) is 12.3. The average molecular weight is 515 g/mol. The molecule has 0 saturated carbocycles. The standard InChI is InChI=1S/C26H34N4O3S2/c1-5-21-8-6-7-15-30(21)35(32,33)22-12-10-20(11-13-22)25(31)29(17-16-28(3)4)26-27-23-14-9-19(2)18-24(23)34-26/h9-14,18,21H,5-8,15-17H2,1-4H3. The number of anilines is 1. The second-order valence-electron chi connectivity index (χ2n) is 9.43. The van der Waals surface area contributed by atoms with E-state index in [1.807, 2.05) is 45.0 Å². The summed E-state index contributed by atoms with van der Waals surface area (Å²) in [7, 11) is 0.343. The molecule has 9 heteroatoms. The number of amides is 1. The molecule has 3 aromatic rings. The molecule has 0 aliphatic carbocycles. The number of rotatable bonds is 8. The van der Waals surface area contributed by atoms with Crippen molar-refractivity contribution in [3.8, 4) is 0 Å². The zero-order valence-corrected chi connectivity index (χ0v) is 22.5. The van der Waals surface area contributed by atoms with Gasteiger partial charge < -0.3 is 4.90 Å². The predicted octanol–water partition coefficient (Wildman–Crippen LogP) is 4.77. The topological polar surface area (TPSA) is 73.8 Å². The van der Waals surface area contributed by atoms with Gasteiger partial charge in [-0.3, -0.25) is 9.69 Å². The van der Waals surface area contributed by atoms with Crippen molar-refractivity contribution in [2.24, 2.45) is 0 Å². The molecule has 2 heterocycles. The number of carbonyl (C=O) groups is 1. The van der Waals surface area contributed by atoms with Crippen molar-refractivity contribution in [1.82, 2.24) is 14.2 Å². The first-order valence-corrected chi connectivity index (χ1v) is 14.4. The maximum Gasteiger partial charge on any atom is 0.260 e. The van der Waals surface area contributed by atoms with Gasteiger partial charge in [0, 0.05) is 31.2 Å². The summed E-state index contributed by atoms with van der Waals surface area (Å²) in [5.74, 6) is -0.184. The Labute approximate surface area is 212 Å². The fourth-order valence-electron chi connectivity index (χ4n) is 4.48. The Balaban J connectivity index is 1.61. The molecule has 1 aromatic heterocycles. The van der Waals surface area contributed by atoms with Crippen molar-refractivity contribution in [2.45, 2.75) is 50.5 Å². The molecule has 1 fully saturated rings. The molecular formula is C26H34N4O3S2. The van der Waals surface area contributed by atoms with Gasteiger partial charge in [0.1, 0.15) is 0 Å². The number of fused-ring (bicyclic) bond motifs is 1. The molecule has 1 unspecified atom stereocenters. The van der Waals surface area contributed by atoms with Gasteiger partial charge in [-0.05, 0) is 82.2 Å². The normalized spacial score (nSPS) is 17.2. The second kappa shape index (κ2) is 10.7. The molecule has 35 heavy (non-hydrogen) atoms. The molecule has 1 aliphatic rings. The minimum absolute atomic E-state index is 0.0410. The van der Waals surface area contributed by atoms with Crippen LogP contribution in [0.2, 0.25) is 0 Å². The Morgan fingerprint density at radius 3 is 2.54 bits per heavy atom. The molecule has 0 N–H and O–H groups in total. The van der Waals surface area contributed by atoms with Crippen molar-refractivity contribution in [3.05, 3.63) is 53.6 Å². The highest BCUT2D eigenvalue weighted by atomic mass is 32.2. The SMILES string of the molecule is CCC1CCCCN1S(=O)(=O)c1ccc(C(=O)N(CCN(C)C)c2nc3ccc(C)cc3s2)cc1. The number of thiazole rings is 1. The molecule has 0 radical (unpaired) electrons. The average Bonchev–Trinajstić information content (AvgIpc) is 3.26. The molecule has 1 atom stereocenters. The molecule has 1 amide bonds. The summed E-state index contributed by atoms with van der Waals surface area (Å²) in [6, 6.07) is 12.5. The molecule has 4 rings (SSSR count). The molecule has 0 spiro atoms. The van der Waals surface area contributed by atoms with E-state index < -0.39 is 10.0 Å². The van der Waals surface area contributed by atoms with E-state index in [1.54, 1.807) is 33.5 Å².